The van der Waals surface area contributed by atoms with Gasteiger partial charge in [-0.2, -0.15) is 0 Å². The minimum absolute atomic E-state index is 0.0900. The Morgan fingerprint density at radius 1 is 1.10 bits per heavy atom. The van der Waals surface area contributed by atoms with E-state index in [9.17, 15) is 13.2 Å². The fraction of sp³-hybridized carbons (Fsp3) is 0.550. The lowest BCUT2D eigenvalue weighted by atomic mass is 9.53. The van der Waals surface area contributed by atoms with Crippen LogP contribution in [0.1, 0.15) is 54.4 Å². The molecule has 0 atom stereocenters. The van der Waals surface area contributed by atoms with E-state index in [4.69, 9.17) is 0 Å². The molecule has 1 heterocycles. The van der Waals surface area contributed by atoms with Crippen LogP contribution in [-0.2, 0) is 10.0 Å². The van der Waals surface area contributed by atoms with E-state index >= 15 is 0 Å². The van der Waals surface area contributed by atoms with Crippen molar-refractivity contribution in [1.29, 1.82) is 0 Å². The Bertz CT molecular complexity index is 1030. The van der Waals surface area contributed by atoms with E-state index < -0.39 is 10.0 Å². The summed E-state index contributed by atoms with van der Waals surface area (Å²) in [6.45, 7) is 1.91. The molecule has 154 valence electrons. The average Bonchev–Trinajstić information content (AvgIpc) is 3.09. The molecule has 7 nitrogen and oxygen atoms in total. The van der Waals surface area contributed by atoms with Gasteiger partial charge in [0.1, 0.15) is 0 Å². The van der Waals surface area contributed by atoms with Gasteiger partial charge in [0.15, 0.2) is 0 Å². The molecule has 1 aromatic heterocycles. The summed E-state index contributed by atoms with van der Waals surface area (Å²) in [7, 11) is -3.77. The Hall–Kier alpha value is -1.84. The molecule has 0 saturated heterocycles. The summed E-state index contributed by atoms with van der Waals surface area (Å²) < 4.78 is 28.9. The van der Waals surface area contributed by atoms with Crippen LogP contribution < -0.4 is 10.0 Å². The maximum Gasteiger partial charge on any atom is 0.270 e. The van der Waals surface area contributed by atoms with Crippen molar-refractivity contribution >= 4 is 32.4 Å². The van der Waals surface area contributed by atoms with E-state index in [1.807, 2.05) is 13.0 Å². The first kappa shape index (κ1) is 19.1. The quantitative estimate of drug-likeness (QED) is 0.706. The second-order valence-electron chi connectivity index (χ2n) is 9.00. The normalized spacial score (nSPS) is 30.4. The molecule has 4 aliphatic rings. The number of anilines is 1. The highest BCUT2D eigenvalue weighted by Gasteiger charge is 2.52. The molecule has 29 heavy (non-hydrogen) atoms. The van der Waals surface area contributed by atoms with Gasteiger partial charge in [-0.1, -0.05) is 29.0 Å². The summed E-state index contributed by atoms with van der Waals surface area (Å²) in [4.78, 5) is 12.4. The molecule has 2 N–H and O–H groups in total. The third-order valence-corrected chi connectivity index (χ3v) is 9.31. The molecule has 0 unspecified atom stereocenters. The van der Waals surface area contributed by atoms with E-state index in [2.05, 4.69) is 20.2 Å². The van der Waals surface area contributed by atoms with Crippen molar-refractivity contribution in [3.05, 3.63) is 35.4 Å². The molecule has 1 amide bonds. The summed E-state index contributed by atoms with van der Waals surface area (Å²) in [5, 5.41) is 10.6. The predicted octanol–water partition coefficient (Wildman–Crippen LogP) is 3.35. The van der Waals surface area contributed by atoms with Crippen LogP contribution in [0.2, 0.25) is 0 Å². The summed E-state index contributed by atoms with van der Waals surface area (Å²) in [5.41, 5.74) is 1.14. The fourth-order valence-corrected chi connectivity index (χ4v) is 8.22. The topological polar surface area (TPSA) is 101 Å². The third-order valence-electron chi connectivity index (χ3n) is 6.53. The van der Waals surface area contributed by atoms with E-state index in [1.165, 1.54) is 19.3 Å². The van der Waals surface area contributed by atoms with Gasteiger partial charge in [-0.15, -0.1) is 10.2 Å². The number of hydrogen-bond donors (Lipinski definition) is 2. The van der Waals surface area contributed by atoms with Crippen molar-refractivity contribution in [2.24, 2.45) is 17.8 Å². The third kappa shape index (κ3) is 3.71. The molecule has 1 aromatic carbocycles. The lowest BCUT2D eigenvalue weighted by Crippen LogP contribution is -2.59. The molecule has 4 aliphatic carbocycles. The van der Waals surface area contributed by atoms with Gasteiger partial charge >= 0.3 is 0 Å². The van der Waals surface area contributed by atoms with Crippen LogP contribution in [0, 0.1) is 24.7 Å². The van der Waals surface area contributed by atoms with Gasteiger partial charge < -0.3 is 0 Å². The molecule has 0 aliphatic heterocycles. The molecule has 0 radical (unpaired) electrons. The average molecular weight is 433 g/mol. The summed E-state index contributed by atoms with van der Waals surface area (Å²) in [6.07, 6.45) is 6.51. The lowest BCUT2D eigenvalue weighted by Gasteiger charge is -2.56. The lowest BCUT2D eigenvalue weighted by molar-refractivity contribution is -0.00811. The van der Waals surface area contributed by atoms with E-state index in [0.717, 1.165) is 36.2 Å². The second kappa shape index (κ2) is 6.85. The van der Waals surface area contributed by atoms with E-state index in [-0.39, 0.29) is 20.9 Å². The van der Waals surface area contributed by atoms with Gasteiger partial charge in [-0.3, -0.25) is 10.1 Å². The summed E-state index contributed by atoms with van der Waals surface area (Å²) in [5.74, 6) is 1.59. The Morgan fingerprint density at radius 3 is 2.38 bits per heavy atom. The van der Waals surface area contributed by atoms with Crippen LogP contribution in [0.5, 0.6) is 0 Å². The van der Waals surface area contributed by atoms with Crippen LogP contribution in [0.15, 0.2) is 28.6 Å². The Kier molecular flexibility index (Phi) is 4.52. The van der Waals surface area contributed by atoms with Crippen molar-refractivity contribution in [2.45, 2.75) is 55.3 Å². The highest BCUT2D eigenvalue weighted by Crippen LogP contribution is 2.56. The zero-order valence-corrected chi connectivity index (χ0v) is 17.9. The molecule has 6 rings (SSSR count). The first-order valence-corrected chi connectivity index (χ1v) is 12.4. The highest BCUT2D eigenvalue weighted by atomic mass is 32.2. The van der Waals surface area contributed by atoms with E-state index in [1.54, 1.807) is 18.2 Å². The highest BCUT2D eigenvalue weighted by molar-refractivity contribution is 7.91. The minimum atomic E-state index is -3.77. The van der Waals surface area contributed by atoms with Gasteiger partial charge in [-0.05, 0) is 75.3 Å². The van der Waals surface area contributed by atoms with Crippen LogP contribution in [0.25, 0.3) is 0 Å². The summed E-state index contributed by atoms with van der Waals surface area (Å²) in [6, 6.07) is 7.18. The number of aromatic nitrogens is 2. The Morgan fingerprint density at radius 2 is 1.76 bits per heavy atom. The number of hydrogen-bond acceptors (Lipinski definition) is 6. The number of sulfonamides is 1. The SMILES string of the molecule is Cc1cccc(C(=O)Nc2nnc(S(=O)(=O)NC34CC5CC(CC(C5)C3)C4)s2)c1. The fourth-order valence-electron chi connectivity index (χ4n) is 5.89. The zero-order valence-electron chi connectivity index (χ0n) is 16.2. The number of benzene rings is 1. The first-order valence-electron chi connectivity index (χ1n) is 10.1. The molecule has 4 saturated carbocycles. The molecule has 0 spiro atoms. The Balaban J connectivity index is 1.31. The maximum atomic E-state index is 13.0. The van der Waals surface area contributed by atoms with Crippen molar-refractivity contribution in [3.63, 3.8) is 0 Å². The van der Waals surface area contributed by atoms with Gasteiger partial charge in [0.05, 0.1) is 0 Å². The van der Waals surface area contributed by atoms with Crippen LogP contribution in [-0.4, -0.2) is 30.1 Å². The van der Waals surface area contributed by atoms with Crippen molar-refractivity contribution < 1.29 is 13.2 Å². The maximum absolute atomic E-state index is 13.0. The summed E-state index contributed by atoms with van der Waals surface area (Å²) >= 11 is 0.891. The molecule has 4 bridgehead atoms. The largest absolute Gasteiger partial charge is 0.296 e. The van der Waals surface area contributed by atoms with Crippen LogP contribution >= 0.6 is 11.3 Å². The van der Waals surface area contributed by atoms with Crippen molar-refractivity contribution in [3.8, 4) is 0 Å². The number of nitrogens with zero attached hydrogens (tertiary/aromatic N) is 2. The van der Waals surface area contributed by atoms with Crippen molar-refractivity contribution in [2.75, 3.05) is 5.32 Å². The van der Waals surface area contributed by atoms with E-state index in [0.29, 0.717) is 23.3 Å². The predicted molar refractivity (Wildman–Crippen MR) is 110 cm³/mol. The molecule has 4 fully saturated rings. The van der Waals surface area contributed by atoms with Gasteiger partial charge in [0.2, 0.25) is 9.47 Å². The van der Waals surface area contributed by atoms with Crippen LogP contribution in [0.4, 0.5) is 5.13 Å². The number of carbonyl (C=O) groups is 1. The zero-order chi connectivity index (χ0) is 20.2. The second-order valence-corrected chi connectivity index (χ2v) is 11.8. The van der Waals surface area contributed by atoms with Gasteiger partial charge in [0.25, 0.3) is 15.9 Å². The molecular weight excluding hydrogens is 408 g/mol. The number of carbonyl (C=O) groups excluding carboxylic acids is 1. The van der Waals surface area contributed by atoms with Gasteiger partial charge in [0, 0.05) is 11.1 Å². The van der Waals surface area contributed by atoms with Gasteiger partial charge in [-0.25, -0.2) is 13.1 Å². The van der Waals surface area contributed by atoms with Crippen molar-refractivity contribution in [1.82, 2.24) is 14.9 Å². The smallest absolute Gasteiger partial charge is 0.270 e. The number of nitrogens with one attached hydrogen (secondary N) is 2. The Labute approximate surface area is 174 Å². The number of aryl methyl sites for hydroxylation is 1. The monoisotopic (exact) mass is 432 g/mol. The molecule has 9 heteroatoms. The first-order chi connectivity index (χ1) is 13.8. The minimum Gasteiger partial charge on any atom is -0.296 e. The number of amides is 1. The molecular formula is C20H24N4O3S2. The van der Waals surface area contributed by atoms with Crippen LogP contribution in [0.3, 0.4) is 0 Å². The molecule has 2 aromatic rings. The standard InChI is InChI=1S/C20H24N4O3S2/c1-12-3-2-4-16(5-12)17(25)21-18-22-23-19(28-18)29(26,27)24-20-9-13-6-14(10-20)8-15(7-13)11-20/h2-5,13-15,24H,6-11H2,1H3,(H,21,22,25). The number of rotatable bonds is 5.